The molecule has 2 saturated heterocycles. The summed E-state index contributed by atoms with van der Waals surface area (Å²) < 4.78 is 5.74. The highest BCUT2D eigenvalue weighted by atomic mass is 16.5. The maximum absolute atomic E-state index is 12.2. The molecule has 2 bridgehead atoms. The summed E-state index contributed by atoms with van der Waals surface area (Å²) in [4.78, 5) is 20.7. The van der Waals surface area contributed by atoms with Crippen molar-refractivity contribution in [2.75, 3.05) is 18.4 Å². The zero-order chi connectivity index (χ0) is 15.6. The molecule has 2 N–H and O–H groups in total. The average Bonchev–Trinajstić information content (AvgIpc) is 3.22. The van der Waals surface area contributed by atoms with Gasteiger partial charge in [0.2, 0.25) is 5.91 Å². The van der Waals surface area contributed by atoms with E-state index in [9.17, 15) is 4.79 Å². The predicted molar refractivity (Wildman–Crippen MR) is 87.0 cm³/mol. The third-order valence-corrected chi connectivity index (χ3v) is 4.70. The zero-order valence-electron chi connectivity index (χ0n) is 12.9. The average molecular weight is 312 g/mol. The molecule has 3 unspecified atom stereocenters. The number of fused-ring (bicyclic) bond motifs is 3. The Morgan fingerprint density at radius 2 is 2.13 bits per heavy atom. The van der Waals surface area contributed by atoms with Gasteiger partial charge in [-0.2, -0.15) is 0 Å². The molecule has 0 radical (unpaired) electrons. The fourth-order valence-corrected chi connectivity index (χ4v) is 3.56. The number of carbonyl (C=O) groups excluding carboxylic acids is 1. The summed E-state index contributed by atoms with van der Waals surface area (Å²) in [7, 11) is 0. The van der Waals surface area contributed by atoms with Crippen LogP contribution in [-0.2, 0) is 9.53 Å². The topological polar surface area (TPSA) is 76.1 Å². The van der Waals surface area contributed by atoms with Gasteiger partial charge in [-0.15, -0.1) is 0 Å². The summed E-state index contributed by atoms with van der Waals surface area (Å²) in [5.41, 5.74) is 0.910. The van der Waals surface area contributed by atoms with Crippen molar-refractivity contribution in [3.8, 4) is 0 Å². The van der Waals surface area contributed by atoms with Crippen LogP contribution in [0.1, 0.15) is 19.3 Å². The molecule has 2 aliphatic heterocycles. The summed E-state index contributed by atoms with van der Waals surface area (Å²) >= 11 is 0. The van der Waals surface area contributed by atoms with Gasteiger partial charge in [0.15, 0.2) is 0 Å². The van der Waals surface area contributed by atoms with Gasteiger partial charge < -0.3 is 15.4 Å². The fraction of sp³-hybridized carbons (Fsp3) is 0.471. The lowest BCUT2D eigenvalue weighted by Gasteiger charge is -2.18. The maximum atomic E-state index is 12.2. The molecule has 2 aromatic rings. The molecular formula is C17H20N4O2. The third kappa shape index (κ3) is 2.86. The minimum absolute atomic E-state index is 0.0358. The van der Waals surface area contributed by atoms with Crippen molar-refractivity contribution in [2.24, 2.45) is 5.92 Å². The van der Waals surface area contributed by atoms with Crippen molar-refractivity contribution in [3.63, 3.8) is 0 Å². The Morgan fingerprint density at radius 3 is 2.96 bits per heavy atom. The van der Waals surface area contributed by atoms with Crippen molar-refractivity contribution in [1.82, 2.24) is 15.3 Å². The summed E-state index contributed by atoms with van der Waals surface area (Å²) in [6.07, 6.45) is 5.00. The Labute approximate surface area is 134 Å². The van der Waals surface area contributed by atoms with Crippen LogP contribution in [0.15, 0.2) is 30.6 Å². The molecule has 3 heterocycles. The molecule has 1 aromatic carbocycles. The van der Waals surface area contributed by atoms with Gasteiger partial charge in [-0.25, -0.2) is 9.97 Å². The quantitative estimate of drug-likeness (QED) is 0.822. The van der Waals surface area contributed by atoms with E-state index in [-0.39, 0.29) is 17.9 Å². The number of benzene rings is 1. The first kappa shape index (κ1) is 14.4. The van der Waals surface area contributed by atoms with Gasteiger partial charge in [0, 0.05) is 18.5 Å². The number of rotatable bonds is 5. The molecule has 6 heteroatoms. The van der Waals surface area contributed by atoms with Gasteiger partial charge in [0.1, 0.15) is 12.1 Å². The Bertz CT molecular complexity index is 715. The number of hydrogen-bond acceptors (Lipinski definition) is 5. The minimum Gasteiger partial charge on any atom is -0.374 e. The Kier molecular flexibility index (Phi) is 3.83. The summed E-state index contributed by atoms with van der Waals surface area (Å²) in [5.74, 6) is 0.952. The van der Waals surface area contributed by atoms with E-state index in [2.05, 4.69) is 20.6 Å². The molecule has 0 spiro atoms. The monoisotopic (exact) mass is 312 g/mol. The molecule has 6 nitrogen and oxygen atoms in total. The molecule has 0 aliphatic carbocycles. The lowest BCUT2D eigenvalue weighted by molar-refractivity contribution is -0.126. The molecule has 120 valence electrons. The zero-order valence-corrected chi connectivity index (χ0v) is 12.9. The van der Waals surface area contributed by atoms with Crippen molar-refractivity contribution in [3.05, 3.63) is 30.6 Å². The lowest BCUT2D eigenvalue weighted by atomic mass is 9.88. The van der Waals surface area contributed by atoms with Crippen molar-refractivity contribution < 1.29 is 9.53 Å². The highest BCUT2D eigenvalue weighted by molar-refractivity contribution is 5.88. The molecule has 4 rings (SSSR count). The number of aromatic nitrogens is 2. The molecular weight excluding hydrogens is 292 g/mol. The number of nitrogens with one attached hydrogen (secondary N) is 2. The largest absolute Gasteiger partial charge is 0.374 e. The smallest absolute Gasteiger partial charge is 0.225 e. The van der Waals surface area contributed by atoms with Crippen LogP contribution >= 0.6 is 0 Å². The fourth-order valence-electron chi connectivity index (χ4n) is 3.56. The van der Waals surface area contributed by atoms with E-state index in [1.165, 1.54) is 0 Å². The van der Waals surface area contributed by atoms with Gasteiger partial charge in [0.25, 0.3) is 0 Å². The normalized spacial score (nSPS) is 25.7. The molecule has 3 atom stereocenters. The highest BCUT2D eigenvalue weighted by Crippen LogP contribution is 2.38. The molecule has 0 saturated carbocycles. The van der Waals surface area contributed by atoms with E-state index in [0.29, 0.717) is 19.2 Å². The van der Waals surface area contributed by atoms with Gasteiger partial charge in [-0.3, -0.25) is 4.79 Å². The van der Waals surface area contributed by atoms with Gasteiger partial charge in [-0.1, -0.05) is 12.1 Å². The standard InChI is InChI=1S/C17H20N4O2/c22-17(13-9-11-5-6-15(13)23-11)19-8-7-18-16-12-3-1-2-4-14(12)20-10-21-16/h1-4,10-11,13,15H,5-9H2,(H,19,22)(H,18,20,21). The van der Waals surface area contributed by atoms with Crippen molar-refractivity contribution >= 4 is 22.6 Å². The molecule has 1 aromatic heterocycles. The Morgan fingerprint density at radius 1 is 1.22 bits per heavy atom. The van der Waals surface area contributed by atoms with Crippen LogP contribution in [0.5, 0.6) is 0 Å². The Balaban J connectivity index is 1.29. The number of amides is 1. The summed E-state index contributed by atoms with van der Waals surface area (Å²) in [5, 5.41) is 7.26. The van der Waals surface area contributed by atoms with Crippen LogP contribution in [0, 0.1) is 5.92 Å². The second kappa shape index (κ2) is 6.12. The van der Waals surface area contributed by atoms with Crippen LogP contribution in [-0.4, -0.2) is 41.2 Å². The minimum atomic E-state index is 0.0358. The Hall–Kier alpha value is -2.21. The van der Waals surface area contributed by atoms with E-state index < -0.39 is 0 Å². The molecule has 1 amide bonds. The first-order valence-electron chi connectivity index (χ1n) is 8.18. The summed E-state index contributed by atoms with van der Waals surface area (Å²) in [6.45, 7) is 1.21. The number of carbonyl (C=O) groups is 1. The van der Waals surface area contributed by atoms with Crippen LogP contribution in [0.2, 0.25) is 0 Å². The second-order valence-electron chi connectivity index (χ2n) is 6.17. The molecule has 2 aliphatic rings. The van der Waals surface area contributed by atoms with E-state index in [4.69, 9.17) is 4.74 Å². The van der Waals surface area contributed by atoms with Crippen LogP contribution in [0.3, 0.4) is 0 Å². The predicted octanol–water partition coefficient (Wildman–Crippen LogP) is 1.73. The third-order valence-electron chi connectivity index (χ3n) is 4.70. The number of ether oxygens (including phenoxy) is 1. The first-order chi connectivity index (χ1) is 11.3. The lowest BCUT2D eigenvalue weighted by Crippen LogP contribution is -2.38. The SMILES string of the molecule is O=C(NCCNc1ncnc2ccccc12)C1CC2CCC1O2. The maximum Gasteiger partial charge on any atom is 0.225 e. The first-order valence-corrected chi connectivity index (χ1v) is 8.18. The van der Waals surface area contributed by atoms with Crippen molar-refractivity contribution in [1.29, 1.82) is 0 Å². The molecule has 23 heavy (non-hydrogen) atoms. The van der Waals surface area contributed by atoms with Crippen LogP contribution < -0.4 is 10.6 Å². The van der Waals surface area contributed by atoms with Gasteiger partial charge in [0.05, 0.1) is 23.6 Å². The van der Waals surface area contributed by atoms with Gasteiger partial charge in [-0.05, 0) is 31.4 Å². The number of anilines is 1. The summed E-state index contributed by atoms with van der Waals surface area (Å²) in [6, 6.07) is 7.87. The van der Waals surface area contributed by atoms with E-state index in [0.717, 1.165) is 36.0 Å². The van der Waals surface area contributed by atoms with E-state index in [1.54, 1.807) is 6.33 Å². The van der Waals surface area contributed by atoms with Crippen molar-refractivity contribution in [2.45, 2.75) is 31.5 Å². The van der Waals surface area contributed by atoms with E-state index in [1.807, 2.05) is 24.3 Å². The van der Waals surface area contributed by atoms with Gasteiger partial charge >= 0.3 is 0 Å². The number of hydrogen-bond donors (Lipinski definition) is 2. The number of para-hydroxylation sites is 1. The highest BCUT2D eigenvalue weighted by Gasteiger charge is 2.44. The van der Waals surface area contributed by atoms with E-state index >= 15 is 0 Å². The second-order valence-corrected chi connectivity index (χ2v) is 6.17. The van der Waals surface area contributed by atoms with Crippen LogP contribution in [0.25, 0.3) is 10.9 Å². The molecule has 2 fully saturated rings. The number of nitrogens with zero attached hydrogens (tertiary/aromatic N) is 2. The van der Waals surface area contributed by atoms with Crippen LogP contribution in [0.4, 0.5) is 5.82 Å².